The molecule has 0 bridgehead atoms. The van der Waals surface area contributed by atoms with E-state index in [-0.39, 0.29) is 16.8 Å². The number of phenolic OH excluding ortho intramolecular Hbond substituents is 1. The number of hydrogen-bond acceptors (Lipinski definition) is 5. The average Bonchev–Trinajstić information content (AvgIpc) is 2.84. The van der Waals surface area contributed by atoms with Gasteiger partial charge in [-0.15, -0.1) is 13.2 Å². The molecule has 6 nitrogen and oxygen atoms in total. The molecule has 0 spiro atoms. The molecule has 2 heterocycles. The summed E-state index contributed by atoms with van der Waals surface area (Å²) in [6, 6.07) is 4.27. The molecular weight excluding hydrogens is 301 g/mol. The van der Waals surface area contributed by atoms with Crippen LogP contribution in [-0.4, -0.2) is 21.1 Å². The molecule has 1 aromatic carbocycles. The minimum atomic E-state index is -4.80. The number of benzene rings is 1. The highest BCUT2D eigenvalue weighted by Crippen LogP contribution is 2.34. The molecule has 0 saturated carbocycles. The largest absolute Gasteiger partial charge is 0.573 e. The van der Waals surface area contributed by atoms with Gasteiger partial charge in [-0.25, -0.2) is 9.66 Å². The maximum absolute atomic E-state index is 12.3. The van der Waals surface area contributed by atoms with Gasteiger partial charge in [-0.1, -0.05) is 0 Å². The van der Waals surface area contributed by atoms with Crippen LogP contribution in [0.4, 0.5) is 13.2 Å². The molecule has 1 unspecified atom stereocenters. The Morgan fingerprint density at radius 3 is 2.82 bits per heavy atom. The molecule has 0 fully saturated rings. The van der Waals surface area contributed by atoms with Crippen molar-refractivity contribution < 1.29 is 23.0 Å². The Morgan fingerprint density at radius 2 is 2.14 bits per heavy atom. The van der Waals surface area contributed by atoms with E-state index in [4.69, 9.17) is 5.41 Å². The Hall–Kier alpha value is -2.71. The Kier molecular flexibility index (Phi) is 3.19. The van der Waals surface area contributed by atoms with E-state index in [0.29, 0.717) is 12.2 Å². The molecule has 9 heteroatoms. The third-order valence-electron chi connectivity index (χ3n) is 3.23. The van der Waals surface area contributed by atoms with Crippen molar-refractivity contribution in [1.82, 2.24) is 9.66 Å². The number of aromatic hydroxyl groups is 1. The lowest BCUT2D eigenvalue weighted by Gasteiger charge is -2.16. The van der Waals surface area contributed by atoms with Crippen LogP contribution in [0.3, 0.4) is 0 Å². The van der Waals surface area contributed by atoms with Gasteiger partial charge >= 0.3 is 6.36 Å². The van der Waals surface area contributed by atoms with Crippen molar-refractivity contribution >= 4 is 0 Å². The summed E-state index contributed by atoms with van der Waals surface area (Å²) in [5.74, 6) is -0.0203. The molecule has 2 aromatic rings. The van der Waals surface area contributed by atoms with Crippen LogP contribution in [0.2, 0.25) is 0 Å². The predicted molar refractivity (Wildman–Crippen MR) is 68.7 cm³/mol. The van der Waals surface area contributed by atoms with E-state index in [9.17, 15) is 18.3 Å². The van der Waals surface area contributed by atoms with Gasteiger partial charge in [-0.2, -0.15) is 0 Å². The molecule has 0 amide bonds. The van der Waals surface area contributed by atoms with E-state index >= 15 is 0 Å². The van der Waals surface area contributed by atoms with Crippen LogP contribution in [0, 0.1) is 5.41 Å². The minimum Gasteiger partial charge on any atom is -0.508 e. The summed E-state index contributed by atoms with van der Waals surface area (Å²) in [6.07, 6.45) is -3.00. The fraction of sp³-hybridized carbons (Fsp3) is 0.231. The molecule has 1 aliphatic heterocycles. The van der Waals surface area contributed by atoms with Crippen molar-refractivity contribution in [3.8, 4) is 11.5 Å². The van der Waals surface area contributed by atoms with Crippen LogP contribution in [0.5, 0.6) is 11.5 Å². The van der Waals surface area contributed by atoms with Crippen molar-refractivity contribution in [3.05, 3.63) is 47.3 Å². The molecule has 1 aliphatic rings. The van der Waals surface area contributed by atoms with Crippen LogP contribution in [0.25, 0.3) is 0 Å². The maximum Gasteiger partial charge on any atom is 0.573 e. The summed E-state index contributed by atoms with van der Waals surface area (Å²) in [5.41, 5.74) is 3.32. The summed E-state index contributed by atoms with van der Waals surface area (Å²) in [7, 11) is 0. The smallest absolute Gasteiger partial charge is 0.508 e. The van der Waals surface area contributed by atoms with Crippen molar-refractivity contribution in [3.63, 3.8) is 0 Å². The van der Waals surface area contributed by atoms with Gasteiger partial charge in [0.15, 0.2) is 0 Å². The molecule has 22 heavy (non-hydrogen) atoms. The predicted octanol–water partition coefficient (Wildman–Crippen LogP) is 1.81. The normalized spacial score (nSPS) is 17.0. The van der Waals surface area contributed by atoms with Crippen LogP contribution in [-0.2, 0) is 6.42 Å². The summed E-state index contributed by atoms with van der Waals surface area (Å²) >= 11 is 0. The van der Waals surface area contributed by atoms with Crippen molar-refractivity contribution in [2.24, 2.45) is 0 Å². The summed E-state index contributed by atoms with van der Waals surface area (Å²) in [4.78, 5) is 4.09. The highest BCUT2D eigenvalue weighted by atomic mass is 19.4. The van der Waals surface area contributed by atoms with Gasteiger partial charge in [0.2, 0.25) is 0 Å². The lowest BCUT2D eigenvalue weighted by molar-refractivity contribution is -0.274. The quantitative estimate of drug-likeness (QED) is 0.790. The number of rotatable bonds is 2. The topological polar surface area (TPSA) is 83.2 Å². The molecular formula is C13H11F3N4O2. The van der Waals surface area contributed by atoms with Gasteiger partial charge in [-0.3, -0.25) is 5.41 Å². The zero-order valence-electron chi connectivity index (χ0n) is 11.1. The summed E-state index contributed by atoms with van der Waals surface area (Å²) < 4.78 is 42.1. The Labute approximate surface area is 122 Å². The Bertz CT molecular complexity index is 773. The average molecular weight is 312 g/mol. The van der Waals surface area contributed by atoms with Crippen molar-refractivity contribution in [2.75, 3.05) is 5.43 Å². The summed E-state index contributed by atoms with van der Waals surface area (Å²) in [5, 5.41) is 17.6. The molecule has 1 atom stereocenters. The number of hydrogen-bond donors (Lipinski definition) is 3. The maximum atomic E-state index is 12.3. The number of nitrogens with zero attached hydrogens (tertiary/aromatic N) is 2. The first-order valence-corrected chi connectivity index (χ1v) is 6.30. The first-order valence-electron chi connectivity index (χ1n) is 6.30. The summed E-state index contributed by atoms with van der Waals surface area (Å²) in [6.45, 7) is 0. The van der Waals surface area contributed by atoms with Gasteiger partial charge < -0.3 is 15.3 Å². The van der Waals surface area contributed by atoms with Crippen LogP contribution < -0.4 is 15.7 Å². The lowest BCUT2D eigenvalue weighted by atomic mass is 10.0. The highest BCUT2D eigenvalue weighted by Gasteiger charge is 2.32. The molecule has 0 radical (unpaired) electrons. The van der Waals surface area contributed by atoms with Gasteiger partial charge in [0.25, 0.3) is 0 Å². The van der Waals surface area contributed by atoms with E-state index in [1.54, 1.807) is 0 Å². The zero-order valence-corrected chi connectivity index (χ0v) is 11.1. The molecule has 0 aliphatic carbocycles. The zero-order chi connectivity index (χ0) is 15.9. The fourth-order valence-corrected chi connectivity index (χ4v) is 2.33. The monoisotopic (exact) mass is 312 g/mol. The van der Waals surface area contributed by atoms with Crippen LogP contribution >= 0.6 is 0 Å². The third-order valence-corrected chi connectivity index (χ3v) is 3.23. The van der Waals surface area contributed by atoms with Gasteiger partial charge in [0, 0.05) is 24.2 Å². The molecule has 0 saturated heterocycles. The third kappa shape index (κ3) is 2.69. The first kappa shape index (κ1) is 14.2. The highest BCUT2D eigenvalue weighted by molar-refractivity contribution is 5.43. The molecule has 1 aromatic heterocycles. The second-order valence-electron chi connectivity index (χ2n) is 4.74. The van der Waals surface area contributed by atoms with Gasteiger partial charge in [0.1, 0.15) is 22.8 Å². The van der Waals surface area contributed by atoms with Gasteiger partial charge in [-0.05, 0) is 18.2 Å². The van der Waals surface area contributed by atoms with Crippen molar-refractivity contribution in [1.29, 1.82) is 5.41 Å². The Balaban J connectivity index is 1.92. The van der Waals surface area contributed by atoms with E-state index in [2.05, 4.69) is 15.1 Å². The number of phenols is 1. The number of fused-ring (bicyclic) bond motifs is 1. The fourth-order valence-electron chi connectivity index (χ4n) is 2.33. The molecule has 3 N–H and O–H groups in total. The second kappa shape index (κ2) is 4.93. The van der Waals surface area contributed by atoms with Crippen molar-refractivity contribution in [2.45, 2.75) is 18.8 Å². The molecule has 116 valence electrons. The van der Waals surface area contributed by atoms with E-state index in [0.717, 1.165) is 18.2 Å². The van der Waals surface area contributed by atoms with E-state index in [1.807, 2.05) is 0 Å². The number of aromatic nitrogens is 2. The number of halogens is 3. The molecule has 3 rings (SSSR count). The van der Waals surface area contributed by atoms with Crippen LogP contribution in [0.1, 0.15) is 17.4 Å². The van der Waals surface area contributed by atoms with Crippen LogP contribution in [0.15, 0.2) is 30.5 Å². The van der Waals surface area contributed by atoms with E-state index < -0.39 is 18.2 Å². The second-order valence-corrected chi connectivity index (χ2v) is 4.74. The number of nitrogens with one attached hydrogen (secondary N) is 2. The lowest BCUT2D eigenvalue weighted by Crippen LogP contribution is -2.27. The number of alkyl halides is 3. The van der Waals surface area contributed by atoms with E-state index in [1.165, 1.54) is 16.9 Å². The van der Waals surface area contributed by atoms with Gasteiger partial charge in [0.05, 0.1) is 6.04 Å². The minimum absolute atomic E-state index is 0.160. The SMILES string of the molecule is N=c1ccnc2n1NC(c1cc(OC(F)(F)F)ccc1O)C2. The first-order chi connectivity index (χ1) is 10.3. The number of ether oxygens (including phenoxy) is 1. The Morgan fingerprint density at radius 1 is 1.36 bits per heavy atom. The standard InChI is InChI=1S/C13H11F3N4O2/c14-13(15,16)22-7-1-2-10(21)8(5-7)9-6-12-18-4-3-11(17)20(12)19-9/h1-5,9,17,19,21H,6H2.